The minimum absolute atomic E-state index is 0.0775. The van der Waals surface area contributed by atoms with E-state index in [2.05, 4.69) is 38.3 Å². The molecule has 1 aliphatic rings. The molecule has 0 radical (unpaired) electrons. The molecule has 0 spiro atoms. The van der Waals surface area contributed by atoms with Crippen LogP contribution in [0.25, 0.3) is 0 Å². The van der Waals surface area contributed by atoms with Crippen molar-refractivity contribution in [3.63, 3.8) is 0 Å². The van der Waals surface area contributed by atoms with Crippen LogP contribution in [0.15, 0.2) is 0 Å². The zero-order valence-corrected chi connectivity index (χ0v) is 11.5. The number of nitrogens with one attached hydrogen (secondary N) is 2. The molecule has 0 bridgehead atoms. The zero-order chi connectivity index (χ0) is 12.9. The van der Waals surface area contributed by atoms with E-state index in [1.165, 1.54) is 0 Å². The van der Waals surface area contributed by atoms with E-state index >= 15 is 0 Å². The summed E-state index contributed by atoms with van der Waals surface area (Å²) in [6.07, 6.45) is 1.88. The van der Waals surface area contributed by atoms with Crippen LogP contribution in [0.1, 0.15) is 40.5 Å². The molecule has 17 heavy (non-hydrogen) atoms. The maximum absolute atomic E-state index is 11.6. The van der Waals surface area contributed by atoms with Crippen molar-refractivity contribution in [1.82, 2.24) is 10.6 Å². The lowest BCUT2D eigenvalue weighted by Gasteiger charge is -2.20. The molecule has 2 unspecified atom stereocenters. The van der Waals surface area contributed by atoms with E-state index in [0.717, 1.165) is 26.1 Å². The van der Waals surface area contributed by atoms with Crippen molar-refractivity contribution < 1.29 is 9.53 Å². The van der Waals surface area contributed by atoms with Gasteiger partial charge in [0.05, 0.1) is 6.10 Å². The van der Waals surface area contributed by atoms with E-state index in [4.69, 9.17) is 4.74 Å². The molecule has 0 aromatic rings. The quantitative estimate of drug-likeness (QED) is 0.764. The average molecular weight is 242 g/mol. The fourth-order valence-electron chi connectivity index (χ4n) is 1.93. The highest BCUT2D eigenvalue weighted by atomic mass is 16.5. The molecule has 1 aliphatic heterocycles. The van der Waals surface area contributed by atoms with Gasteiger partial charge in [0.1, 0.15) is 0 Å². The Morgan fingerprint density at radius 3 is 2.65 bits per heavy atom. The normalized spacial score (nSPS) is 24.9. The van der Waals surface area contributed by atoms with Crippen LogP contribution in [0.3, 0.4) is 0 Å². The van der Waals surface area contributed by atoms with E-state index in [1.807, 2.05) is 0 Å². The lowest BCUT2D eigenvalue weighted by atomic mass is 10.0. The molecule has 1 fully saturated rings. The monoisotopic (exact) mass is 242 g/mol. The second kappa shape index (κ2) is 6.36. The fourth-order valence-corrected chi connectivity index (χ4v) is 1.93. The number of amides is 1. The smallest absolute Gasteiger partial charge is 0.221 e. The Bertz CT molecular complexity index is 248. The molecule has 1 heterocycles. The van der Waals surface area contributed by atoms with E-state index in [0.29, 0.717) is 12.3 Å². The molecule has 1 saturated heterocycles. The fraction of sp³-hybridized carbons (Fsp3) is 0.923. The van der Waals surface area contributed by atoms with Gasteiger partial charge in [-0.1, -0.05) is 0 Å². The van der Waals surface area contributed by atoms with Gasteiger partial charge in [0.25, 0.3) is 0 Å². The van der Waals surface area contributed by atoms with Gasteiger partial charge < -0.3 is 15.4 Å². The molecular formula is C13H26N2O2. The highest BCUT2D eigenvalue weighted by molar-refractivity contribution is 5.76. The Morgan fingerprint density at radius 2 is 2.12 bits per heavy atom. The van der Waals surface area contributed by atoms with Crippen molar-refractivity contribution >= 4 is 5.91 Å². The van der Waals surface area contributed by atoms with E-state index in [1.54, 1.807) is 0 Å². The van der Waals surface area contributed by atoms with Crippen LogP contribution in [0.4, 0.5) is 0 Å². The van der Waals surface area contributed by atoms with Crippen LogP contribution in [-0.2, 0) is 9.53 Å². The highest BCUT2D eigenvalue weighted by Crippen LogP contribution is 2.19. The number of ether oxygens (including phenoxy) is 1. The standard InChI is InChI=1S/C13H26N2O2/c1-10-11(6-8-17-10)9-14-12(16)5-7-15-13(2,3)4/h10-11,15H,5-9H2,1-4H3,(H,14,16). The number of hydrogen-bond acceptors (Lipinski definition) is 3. The maximum Gasteiger partial charge on any atom is 0.221 e. The van der Waals surface area contributed by atoms with Crippen LogP contribution in [-0.4, -0.2) is 37.2 Å². The first-order valence-electron chi connectivity index (χ1n) is 6.52. The summed E-state index contributed by atoms with van der Waals surface area (Å²) in [5, 5.41) is 6.29. The Labute approximate surface area is 104 Å². The van der Waals surface area contributed by atoms with Crippen molar-refractivity contribution in [2.24, 2.45) is 5.92 Å². The zero-order valence-electron chi connectivity index (χ0n) is 11.5. The summed E-state index contributed by atoms with van der Waals surface area (Å²) in [7, 11) is 0. The first kappa shape index (κ1) is 14.5. The van der Waals surface area contributed by atoms with Crippen LogP contribution in [0, 0.1) is 5.92 Å². The number of carbonyl (C=O) groups is 1. The number of carbonyl (C=O) groups excluding carboxylic acids is 1. The van der Waals surface area contributed by atoms with Crippen LogP contribution >= 0.6 is 0 Å². The van der Waals surface area contributed by atoms with Crippen molar-refractivity contribution in [2.45, 2.75) is 52.2 Å². The maximum atomic E-state index is 11.6. The van der Waals surface area contributed by atoms with Gasteiger partial charge in [-0.25, -0.2) is 0 Å². The summed E-state index contributed by atoms with van der Waals surface area (Å²) < 4.78 is 5.46. The highest BCUT2D eigenvalue weighted by Gasteiger charge is 2.24. The summed E-state index contributed by atoms with van der Waals surface area (Å²) in [6, 6.07) is 0. The lowest BCUT2D eigenvalue weighted by Crippen LogP contribution is -2.39. The summed E-state index contributed by atoms with van der Waals surface area (Å²) in [5.41, 5.74) is 0.0775. The van der Waals surface area contributed by atoms with Crippen LogP contribution in [0.5, 0.6) is 0 Å². The van der Waals surface area contributed by atoms with Gasteiger partial charge in [-0.3, -0.25) is 4.79 Å². The van der Waals surface area contributed by atoms with Crippen molar-refractivity contribution in [2.75, 3.05) is 19.7 Å². The second-order valence-electron chi connectivity index (χ2n) is 5.86. The molecule has 0 aliphatic carbocycles. The summed E-state index contributed by atoms with van der Waals surface area (Å²) in [5.74, 6) is 0.607. The predicted molar refractivity (Wildman–Crippen MR) is 68.9 cm³/mol. The number of rotatable bonds is 5. The lowest BCUT2D eigenvalue weighted by molar-refractivity contribution is -0.121. The summed E-state index contributed by atoms with van der Waals surface area (Å²) in [4.78, 5) is 11.6. The van der Waals surface area contributed by atoms with E-state index in [9.17, 15) is 4.79 Å². The number of hydrogen-bond donors (Lipinski definition) is 2. The molecule has 1 rings (SSSR count). The Morgan fingerprint density at radius 1 is 1.41 bits per heavy atom. The molecule has 2 atom stereocenters. The molecule has 100 valence electrons. The molecule has 1 amide bonds. The molecule has 2 N–H and O–H groups in total. The Kier molecular flexibility index (Phi) is 5.40. The summed E-state index contributed by atoms with van der Waals surface area (Å²) >= 11 is 0. The topological polar surface area (TPSA) is 50.4 Å². The third-order valence-corrected chi connectivity index (χ3v) is 3.10. The van der Waals surface area contributed by atoms with Gasteiger partial charge in [-0.05, 0) is 34.1 Å². The first-order valence-corrected chi connectivity index (χ1v) is 6.52. The van der Waals surface area contributed by atoms with Gasteiger partial charge >= 0.3 is 0 Å². The van der Waals surface area contributed by atoms with Gasteiger partial charge in [-0.15, -0.1) is 0 Å². The first-order chi connectivity index (χ1) is 7.88. The van der Waals surface area contributed by atoms with Crippen molar-refractivity contribution in [3.8, 4) is 0 Å². The average Bonchev–Trinajstić information content (AvgIpc) is 2.59. The van der Waals surface area contributed by atoms with Gasteiger partial charge in [0.15, 0.2) is 0 Å². The third-order valence-electron chi connectivity index (χ3n) is 3.10. The Hall–Kier alpha value is -0.610. The largest absolute Gasteiger partial charge is 0.378 e. The predicted octanol–water partition coefficient (Wildman–Crippen LogP) is 1.31. The minimum atomic E-state index is 0.0775. The molecule has 4 heteroatoms. The van der Waals surface area contributed by atoms with Crippen molar-refractivity contribution in [1.29, 1.82) is 0 Å². The minimum Gasteiger partial charge on any atom is -0.378 e. The second-order valence-corrected chi connectivity index (χ2v) is 5.86. The van der Waals surface area contributed by atoms with E-state index < -0.39 is 0 Å². The molecule has 0 aromatic heterocycles. The SMILES string of the molecule is CC1OCCC1CNC(=O)CCNC(C)(C)C. The summed E-state index contributed by atoms with van der Waals surface area (Å²) in [6.45, 7) is 10.7. The van der Waals surface area contributed by atoms with Crippen molar-refractivity contribution in [3.05, 3.63) is 0 Å². The third kappa shape index (κ3) is 6.03. The van der Waals surface area contributed by atoms with Gasteiger partial charge in [0.2, 0.25) is 5.91 Å². The Balaban J connectivity index is 2.09. The van der Waals surface area contributed by atoms with Crippen LogP contribution < -0.4 is 10.6 Å². The molecule has 0 aromatic carbocycles. The van der Waals surface area contributed by atoms with E-state index in [-0.39, 0.29) is 17.6 Å². The van der Waals surface area contributed by atoms with Gasteiger partial charge in [0, 0.05) is 37.6 Å². The molecule has 4 nitrogen and oxygen atoms in total. The molecule has 0 saturated carbocycles. The van der Waals surface area contributed by atoms with Crippen LogP contribution in [0.2, 0.25) is 0 Å². The van der Waals surface area contributed by atoms with Gasteiger partial charge in [-0.2, -0.15) is 0 Å². The molecular weight excluding hydrogens is 216 g/mol.